The minimum Gasteiger partial charge on any atom is -0.337 e. The van der Waals surface area contributed by atoms with E-state index in [1.807, 2.05) is 81.3 Å². The van der Waals surface area contributed by atoms with Crippen LogP contribution in [0.4, 0.5) is 0 Å². The lowest BCUT2D eigenvalue weighted by molar-refractivity contribution is -0.138. The molecule has 158 valence electrons. The van der Waals surface area contributed by atoms with E-state index in [1.165, 1.54) is 0 Å². The molecule has 0 N–H and O–H groups in total. The van der Waals surface area contributed by atoms with E-state index in [0.29, 0.717) is 26.1 Å². The zero-order valence-electron chi connectivity index (χ0n) is 17.3. The largest absolute Gasteiger partial charge is 0.337 e. The summed E-state index contributed by atoms with van der Waals surface area (Å²) in [6.45, 7) is 2.52. The van der Waals surface area contributed by atoms with Crippen molar-refractivity contribution in [3.8, 4) is 0 Å². The summed E-state index contributed by atoms with van der Waals surface area (Å²) in [7, 11) is 0. The first kappa shape index (κ1) is 19.5. The van der Waals surface area contributed by atoms with Gasteiger partial charge in [0, 0.05) is 26.1 Å². The van der Waals surface area contributed by atoms with Crippen molar-refractivity contribution in [1.82, 2.24) is 24.8 Å². The van der Waals surface area contributed by atoms with Gasteiger partial charge in [-0.25, -0.2) is 4.68 Å². The van der Waals surface area contributed by atoms with Gasteiger partial charge in [-0.15, -0.1) is 5.10 Å². The molecule has 2 aliphatic rings. The zero-order valence-corrected chi connectivity index (χ0v) is 17.3. The first-order valence-electron chi connectivity index (χ1n) is 10.8. The number of rotatable bonds is 6. The Morgan fingerprint density at radius 1 is 1.00 bits per heavy atom. The van der Waals surface area contributed by atoms with Crippen LogP contribution in [0.25, 0.3) is 0 Å². The Balaban J connectivity index is 1.26. The highest BCUT2D eigenvalue weighted by molar-refractivity contribution is 5.88. The predicted molar refractivity (Wildman–Crippen MR) is 115 cm³/mol. The van der Waals surface area contributed by atoms with E-state index in [1.54, 1.807) is 0 Å². The number of carbonyl (C=O) groups excluding carboxylic acids is 2. The molecule has 2 aliphatic heterocycles. The van der Waals surface area contributed by atoms with Gasteiger partial charge in [0.15, 0.2) is 0 Å². The lowest BCUT2D eigenvalue weighted by Gasteiger charge is -2.40. The molecule has 1 aromatic heterocycles. The van der Waals surface area contributed by atoms with Crippen LogP contribution in [0.2, 0.25) is 0 Å². The Morgan fingerprint density at radius 2 is 1.65 bits per heavy atom. The maximum atomic E-state index is 13.4. The van der Waals surface area contributed by atoms with E-state index < -0.39 is 0 Å². The van der Waals surface area contributed by atoms with Gasteiger partial charge in [-0.05, 0) is 17.5 Å². The average Bonchev–Trinajstić information content (AvgIpc) is 3.38. The van der Waals surface area contributed by atoms with Crippen molar-refractivity contribution in [2.45, 2.75) is 31.3 Å². The van der Waals surface area contributed by atoms with Gasteiger partial charge in [-0.2, -0.15) is 0 Å². The summed E-state index contributed by atoms with van der Waals surface area (Å²) < 4.78 is 1.83. The number of nitrogens with zero attached hydrogens (tertiary/aromatic N) is 5. The van der Waals surface area contributed by atoms with E-state index in [4.69, 9.17) is 0 Å². The molecular formula is C24H25N5O2. The molecule has 0 spiro atoms. The molecule has 0 bridgehead atoms. The minimum atomic E-state index is -0.309. The Morgan fingerprint density at radius 3 is 2.23 bits per heavy atom. The second-order valence-electron chi connectivity index (χ2n) is 8.26. The SMILES string of the molecule is O=C1CCCN1Cc1cn(C2CN(C(=O)C(c3ccccc3)c3ccccc3)C2)nn1. The average molecular weight is 415 g/mol. The number of hydrogen-bond donors (Lipinski definition) is 0. The van der Waals surface area contributed by atoms with Gasteiger partial charge in [0.25, 0.3) is 0 Å². The maximum Gasteiger partial charge on any atom is 0.234 e. The highest BCUT2D eigenvalue weighted by atomic mass is 16.2. The fraction of sp³-hybridized carbons (Fsp3) is 0.333. The summed E-state index contributed by atoms with van der Waals surface area (Å²) in [6.07, 6.45) is 3.44. The Labute approximate surface area is 181 Å². The lowest BCUT2D eigenvalue weighted by atomic mass is 9.89. The van der Waals surface area contributed by atoms with Crippen molar-refractivity contribution in [1.29, 1.82) is 0 Å². The molecule has 31 heavy (non-hydrogen) atoms. The van der Waals surface area contributed by atoms with Gasteiger partial charge >= 0.3 is 0 Å². The first-order valence-corrected chi connectivity index (χ1v) is 10.8. The number of aromatic nitrogens is 3. The van der Waals surface area contributed by atoms with E-state index in [9.17, 15) is 9.59 Å². The first-order chi connectivity index (χ1) is 15.2. The molecule has 2 aromatic carbocycles. The third kappa shape index (κ3) is 3.95. The molecule has 0 saturated carbocycles. The second-order valence-corrected chi connectivity index (χ2v) is 8.26. The van der Waals surface area contributed by atoms with Crippen molar-refractivity contribution in [2.24, 2.45) is 0 Å². The summed E-state index contributed by atoms with van der Waals surface area (Å²) in [5, 5.41) is 8.48. The molecule has 0 radical (unpaired) electrons. The van der Waals surface area contributed by atoms with Gasteiger partial charge < -0.3 is 9.80 Å². The van der Waals surface area contributed by atoms with Crippen LogP contribution in [0.15, 0.2) is 66.9 Å². The molecular weight excluding hydrogens is 390 g/mol. The van der Waals surface area contributed by atoms with Crippen molar-refractivity contribution < 1.29 is 9.59 Å². The molecule has 7 heteroatoms. The quantitative estimate of drug-likeness (QED) is 0.621. The van der Waals surface area contributed by atoms with E-state index in [-0.39, 0.29) is 23.8 Å². The minimum absolute atomic E-state index is 0.108. The standard InChI is InChI=1S/C24H25N5O2/c30-22-12-7-13-27(22)14-20-15-29(26-25-20)21-16-28(17-21)24(31)23(18-8-3-1-4-9-18)19-10-5-2-6-11-19/h1-6,8-11,15,21,23H,7,12-14,16-17H2. The third-order valence-corrected chi connectivity index (χ3v) is 6.14. The van der Waals surface area contributed by atoms with Crippen LogP contribution in [0.1, 0.15) is 41.6 Å². The van der Waals surface area contributed by atoms with Gasteiger partial charge in [-0.1, -0.05) is 65.9 Å². The molecule has 2 saturated heterocycles. The monoisotopic (exact) mass is 415 g/mol. The molecule has 3 heterocycles. The second kappa shape index (κ2) is 8.34. The predicted octanol–water partition coefficient (Wildman–Crippen LogP) is 2.62. The van der Waals surface area contributed by atoms with Crippen molar-refractivity contribution in [2.75, 3.05) is 19.6 Å². The number of benzene rings is 2. The van der Waals surface area contributed by atoms with Crippen LogP contribution in [-0.2, 0) is 16.1 Å². The van der Waals surface area contributed by atoms with Crippen molar-refractivity contribution >= 4 is 11.8 Å². The van der Waals surface area contributed by atoms with Crippen LogP contribution in [0.5, 0.6) is 0 Å². The Kier molecular flexibility index (Phi) is 5.24. The highest BCUT2D eigenvalue weighted by Crippen LogP contribution is 2.31. The smallest absolute Gasteiger partial charge is 0.234 e. The maximum absolute atomic E-state index is 13.4. The lowest BCUT2D eigenvalue weighted by Crippen LogP contribution is -2.52. The third-order valence-electron chi connectivity index (χ3n) is 6.14. The van der Waals surface area contributed by atoms with Gasteiger partial charge in [0.1, 0.15) is 5.69 Å². The Bertz CT molecular complexity index is 1020. The van der Waals surface area contributed by atoms with Gasteiger partial charge in [0.2, 0.25) is 11.8 Å². The number of carbonyl (C=O) groups is 2. The molecule has 2 amide bonds. The zero-order chi connectivity index (χ0) is 21.2. The molecule has 3 aromatic rings. The summed E-state index contributed by atoms with van der Waals surface area (Å²) in [4.78, 5) is 29.0. The van der Waals surface area contributed by atoms with Crippen LogP contribution < -0.4 is 0 Å². The molecule has 5 rings (SSSR count). The van der Waals surface area contributed by atoms with E-state index in [0.717, 1.165) is 29.8 Å². The van der Waals surface area contributed by atoms with Crippen LogP contribution >= 0.6 is 0 Å². The molecule has 0 aliphatic carbocycles. The van der Waals surface area contributed by atoms with Crippen molar-refractivity contribution in [3.63, 3.8) is 0 Å². The Hall–Kier alpha value is -3.48. The number of likely N-dealkylation sites (tertiary alicyclic amines) is 2. The van der Waals surface area contributed by atoms with Crippen LogP contribution in [-0.4, -0.2) is 56.2 Å². The van der Waals surface area contributed by atoms with Crippen molar-refractivity contribution in [3.05, 3.63) is 83.7 Å². The van der Waals surface area contributed by atoms with Gasteiger partial charge in [0.05, 0.1) is 24.7 Å². The van der Waals surface area contributed by atoms with E-state index in [2.05, 4.69) is 10.3 Å². The summed E-state index contributed by atoms with van der Waals surface area (Å²) in [6, 6.07) is 20.0. The molecule has 2 fully saturated rings. The summed E-state index contributed by atoms with van der Waals surface area (Å²) in [5.41, 5.74) is 2.80. The van der Waals surface area contributed by atoms with Crippen LogP contribution in [0, 0.1) is 0 Å². The van der Waals surface area contributed by atoms with Gasteiger partial charge in [-0.3, -0.25) is 9.59 Å². The normalized spacial score (nSPS) is 16.7. The summed E-state index contributed by atoms with van der Waals surface area (Å²) >= 11 is 0. The van der Waals surface area contributed by atoms with Crippen LogP contribution in [0.3, 0.4) is 0 Å². The fourth-order valence-electron chi connectivity index (χ4n) is 4.38. The topological polar surface area (TPSA) is 71.3 Å². The number of hydrogen-bond acceptors (Lipinski definition) is 4. The molecule has 0 unspecified atom stereocenters. The number of amides is 2. The fourth-order valence-corrected chi connectivity index (χ4v) is 4.38. The molecule has 7 nitrogen and oxygen atoms in total. The highest BCUT2D eigenvalue weighted by Gasteiger charge is 2.37. The van der Waals surface area contributed by atoms with E-state index >= 15 is 0 Å². The molecule has 0 atom stereocenters. The summed E-state index contributed by atoms with van der Waals surface area (Å²) in [5.74, 6) is -0.0182.